The molecule has 0 aromatic carbocycles. The van der Waals surface area contributed by atoms with Gasteiger partial charge in [-0.25, -0.2) is 4.98 Å². The molecule has 0 spiro atoms. The lowest BCUT2D eigenvalue weighted by Crippen LogP contribution is -2.37. The molecule has 0 saturated carbocycles. The molecule has 18 heavy (non-hydrogen) atoms. The lowest BCUT2D eigenvalue weighted by molar-refractivity contribution is -0.385. The van der Waals surface area contributed by atoms with E-state index in [-0.39, 0.29) is 5.69 Å². The average Bonchev–Trinajstić information content (AvgIpc) is 2.40. The number of hydrogen-bond donors (Lipinski definition) is 0. The summed E-state index contributed by atoms with van der Waals surface area (Å²) in [6, 6.07) is 3.19. The second-order valence-electron chi connectivity index (χ2n) is 3.91. The minimum atomic E-state index is -0.435. The Kier molecular flexibility index (Phi) is 4.91. The van der Waals surface area contributed by atoms with Crippen molar-refractivity contribution in [2.24, 2.45) is 0 Å². The number of ether oxygens (including phenoxy) is 1. The summed E-state index contributed by atoms with van der Waals surface area (Å²) in [5.74, 6) is 0.935. The summed E-state index contributed by atoms with van der Waals surface area (Å²) in [6.07, 6.45) is 1.30. The van der Waals surface area contributed by atoms with Gasteiger partial charge in [-0.2, -0.15) is 0 Å². The smallest absolute Gasteiger partial charge is 0.287 e. The first-order chi connectivity index (χ1) is 8.75. The maximum atomic E-state index is 10.5. The number of nitrogens with zero attached hydrogens (tertiary/aromatic N) is 3. The number of pyridine rings is 1. The number of thioether (sulfide) groups is 1. The number of hydrogen-bond acceptors (Lipinski definition) is 6. The van der Waals surface area contributed by atoms with Crippen molar-refractivity contribution < 1.29 is 9.66 Å². The quantitative estimate of drug-likeness (QED) is 0.457. The van der Waals surface area contributed by atoms with Crippen LogP contribution in [-0.2, 0) is 4.74 Å². The number of nitro groups is 1. The van der Waals surface area contributed by atoms with Gasteiger partial charge in [0, 0.05) is 31.5 Å². The zero-order valence-electron chi connectivity index (χ0n) is 9.95. The highest BCUT2D eigenvalue weighted by Gasteiger charge is 2.10. The van der Waals surface area contributed by atoms with Gasteiger partial charge in [0.2, 0.25) is 0 Å². The molecule has 0 radical (unpaired) electrons. The predicted octanol–water partition coefficient (Wildman–Crippen LogP) is 1.41. The molecule has 98 valence electrons. The Labute approximate surface area is 109 Å². The molecular weight excluding hydrogens is 254 g/mol. The summed E-state index contributed by atoms with van der Waals surface area (Å²) < 4.78 is 5.28. The molecule has 0 atom stereocenters. The molecule has 0 unspecified atom stereocenters. The zero-order chi connectivity index (χ0) is 12.8. The first-order valence-electron chi connectivity index (χ1n) is 5.79. The van der Waals surface area contributed by atoms with E-state index in [9.17, 15) is 10.1 Å². The highest BCUT2D eigenvalue weighted by atomic mass is 32.2. The molecule has 7 heteroatoms. The van der Waals surface area contributed by atoms with E-state index in [1.165, 1.54) is 12.3 Å². The first kappa shape index (κ1) is 13.3. The minimum Gasteiger partial charge on any atom is -0.379 e. The van der Waals surface area contributed by atoms with Crippen molar-refractivity contribution in [3.05, 3.63) is 28.4 Å². The van der Waals surface area contributed by atoms with Gasteiger partial charge in [0.1, 0.15) is 6.20 Å². The van der Waals surface area contributed by atoms with E-state index in [1.54, 1.807) is 17.8 Å². The fraction of sp³-hybridized carbons (Fsp3) is 0.545. The summed E-state index contributed by atoms with van der Waals surface area (Å²) in [6.45, 7) is 4.57. The third kappa shape index (κ3) is 3.94. The lowest BCUT2D eigenvalue weighted by atomic mass is 10.4. The normalized spacial score (nSPS) is 16.7. The average molecular weight is 269 g/mol. The molecule has 0 aliphatic carbocycles. The number of rotatable bonds is 5. The van der Waals surface area contributed by atoms with Crippen LogP contribution in [0, 0.1) is 10.1 Å². The Bertz CT molecular complexity index is 393. The molecule has 0 bridgehead atoms. The van der Waals surface area contributed by atoms with Crippen molar-refractivity contribution in [1.82, 2.24) is 9.88 Å². The highest BCUT2D eigenvalue weighted by molar-refractivity contribution is 7.99. The molecule has 1 aliphatic rings. The van der Waals surface area contributed by atoms with E-state index in [2.05, 4.69) is 9.88 Å². The van der Waals surface area contributed by atoms with Crippen LogP contribution >= 0.6 is 11.8 Å². The number of aromatic nitrogens is 1. The van der Waals surface area contributed by atoms with Crippen LogP contribution in [-0.4, -0.2) is 53.4 Å². The summed E-state index contributed by atoms with van der Waals surface area (Å²) >= 11 is 1.62. The van der Waals surface area contributed by atoms with Crippen molar-refractivity contribution in [1.29, 1.82) is 0 Å². The van der Waals surface area contributed by atoms with Crippen LogP contribution in [0.3, 0.4) is 0 Å². The van der Waals surface area contributed by atoms with Gasteiger partial charge >= 0.3 is 0 Å². The molecule has 2 rings (SSSR count). The van der Waals surface area contributed by atoms with Crippen molar-refractivity contribution >= 4 is 17.4 Å². The molecule has 1 aliphatic heterocycles. The SMILES string of the molecule is O=[N+]([O-])c1ccc(SCCN2CCOCC2)nc1. The fourth-order valence-corrected chi connectivity index (χ4v) is 2.52. The fourth-order valence-electron chi connectivity index (χ4n) is 1.67. The van der Waals surface area contributed by atoms with Crippen LogP contribution in [0.15, 0.2) is 23.4 Å². The Hall–Kier alpha value is -1.18. The van der Waals surface area contributed by atoms with Crippen LogP contribution in [0.1, 0.15) is 0 Å². The van der Waals surface area contributed by atoms with Gasteiger partial charge < -0.3 is 4.74 Å². The third-order valence-corrected chi connectivity index (χ3v) is 3.62. The summed E-state index contributed by atoms with van der Waals surface area (Å²) in [4.78, 5) is 16.4. The second kappa shape index (κ2) is 6.67. The highest BCUT2D eigenvalue weighted by Crippen LogP contribution is 2.18. The Morgan fingerprint density at radius 2 is 2.22 bits per heavy atom. The monoisotopic (exact) mass is 269 g/mol. The maximum absolute atomic E-state index is 10.5. The van der Waals surface area contributed by atoms with Gasteiger partial charge in [0.05, 0.1) is 23.2 Å². The van der Waals surface area contributed by atoms with E-state index in [0.717, 1.165) is 43.6 Å². The summed E-state index contributed by atoms with van der Waals surface area (Å²) in [5.41, 5.74) is 0.0347. The van der Waals surface area contributed by atoms with Gasteiger partial charge in [-0.3, -0.25) is 15.0 Å². The first-order valence-corrected chi connectivity index (χ1v) is 6.77. The maximum Gasteiger partial charge on any atom is 0.287 e. The standard InChI is InChI=1S/C11H15N3O3S/c15-14(16)10-1-2-11(12-9-10)18-8-5-13-3-6-17-7-4-13/h1-2,9H,3-8H2. The predicted molar refractivity (Wildman–Crippen MR) is 68.9 cm³/mol. The largest absolute Gasteiger partial charge is 0.379 e. The Balaban J connectivity index is 1.74. The van der Waals surface area contributed by atoms with Crippen molar-refractivity contribution in [3.8, 4) is 0 Å². The van der Waals surface area contributed by atoms with E-state index in [4.69, 9.17) is 4.74 Å². The molecule has 1 aromatic rings. The lowest BCUT2D eigenvalue weighted by Gasteiger charge is -2.26. The van der Waals surface area contributed by atoms with Crippen LogP contribution in [0.5, 0.6) is 0 Å². The van der Waals surface area contributed by atoms with Gasteiger partial charge in [0.15, 0.2) is 0 Å². The van der Waals surface area contributed by atoms with Gasteiger partial charge in [-0.05, 0) is 6.07 Å². The van der Waals surface area contributed by atoms with Crippen LogP contribution < -0.4 is 0 Å². The van der Waals surface area contributed by atoms with Crippen molar-refractivity contribution in [3.63, 3.8) is 0 Å². The van der Waals surface area contributed by atoms with E-state index >= 15 is 0 Å². The van der Waals surface area contributed by atoms with Crippen molar-refractivity contribution in [2.45, 2.75) is 5.03 Å². The van der Waals surface area contributed by atoms with E-state index in [0.29, 0.717) is 0 Å². The van der Waals surface area contributed by atoms with Gasteiger partial charge in [-0.15, -0.1) is 11.8 Å². The van der Waals surface area contributed by atoms with Gasteiger partial charge in [-0.1, -0.05) is 0 Å². The van der Waals surface area contributed by atoms with Crippen LogP contribution in [0.4, 0.5) is 5.69 Å². The summed E-state index contributed by atoms with van der Waals surface area (Å²) in [7, 11) is 0. The Morgan fingerprint density at radius 3 is 2.83 bits per heavy atom. The van der Waals surface area contributed by atoms with Gasteiger partial charge in [0.25, 0.3) is 5.69 Å². The molecule has 1 aromatic heterocycles. The van der Waals surface area contributed by atoms with Crippen LogP contribution in [0.2, 0.25) is 0 Å². The molecule has 2 heterocycles. The van der Waals surface area contributed by atoms with Crippen molar-refractivity contribution in [2.75, 3.05) is 38.6 Å². The molecular formula is C11H15N3O3S. The zero-order valence-corrected chi connectivity index (χ0v) is 10.8. The van der Waals surface area contributed by atoms with E-state index < -0.39 is 4.92 Å². The van der Waals surface area contributed by atoms with E-state index in [1.807, 2.05) is 0 Å². The molecule has 1 fully saturated rings. The molecule has 0 amide bonds. The van der Waals surface area contributed by atoms with Crippen LogP contribution in [0.25, 0.3) is 0 Å². The third-order valence-electron chi connectivity index (χ3n) is 2.69. The Morgan fingerprint density at radius 1 is 1.44 bits per heavy atom. The molecule has 1 saturated heterocycles. The second-order valence-corrected chi connectivity index (χ2v) is 5.03. The topological polar surface area (TPSA) is 68.5 Å². The summed E-state index contributed by atoms with van der Waals surface area (Å²) in [5, 5.41) is 11.3. The minimum absolute atomic E-state index is 0.0347. The number of morpholine rings is 1. The molecule has 6 nitrogen and oxygen atoms in total. The molecule has 0 N–H and O–H groups in total.